The van der Waals surface area contributed by atoms with E-state index in [1.165, 1.54) is 25.7 Å². The molecule has 6 atom stereocenters. The summed E-state index contributed by atoms with van der Waals surface area (Å²) in [6.07, 6.45) is 7.57. The smallest absolute Gasteiger partial charge is 0.0571 e. The Morgan fingerprint density at radius 2 is 1.07 bits per heavy atom. The summed E-state index contributed by atoms with van der Waals surface area (Å²) in [6, 6.07) is 0. The zero-order valence-electron chi connectivity index (χ0n) is 8.60. The van der Waals surface area contributed by atoms with E-state index in [0.717, 1.165) is 36.5 Å². The van der Waals surface area contributed by atoms with Gasteiger partial charge in [-0.05, 0) is 62.2 Å². The molecule has 0 aromatic heterocycles. The van der Waals surface area contributed by atoms with Crippen LogP contribution in [0.4, 0.5) is 0 Å². The van der Waals surface area contributed by atoms with Crippen molar-refractivity contribution in [1.29, 1.82) is 0 Å². The topological polar surface area (TPSA) is 40.5 Å². The van der Waals surface area contributed by atoms with E-state index in [4.69, 9.17) is 10.2 Å². The van der Waals surface area contributed by atoms with Crippen LogP contribution in [0.2, 0.25) is 0 Å². The summed E-state index contributed by atoms with van der Waals surface area (Å²) in [5.74, 6) is 3.35. The lowest BCUT2D eigenvalue weighted by Gasteiger charge is -1.97. The largest absolute Gasteiger partial charge is 0.393 e. The summed E-state index contributed by atoms with van der Waals surface area (Å²) in [5.41, 5.74) is 0. The molecule has 0 heterocycles. The van der Waals surface area contributed by atoms with Crippen LogP contribution in [-0.2, 0) is 0 Å². The summed E-state index contributed by atoms with van der Waals surface area (Å²) < 4.78 is 0. The van der Waals surface area contributed by atoms with Crippen LogP contribution < -0.4 is 0 Å². The number of hydrogen-bond acceptors (Lipinski definition) is 2. The van der Waals surface area contributed by atoms with Gasteiger partial charge in [-0.2, -0.15) is 0 Å². The van der Waals surface area contributed by atoms with Crippen molar-refractivity contribution < 1.29 is 10.2 Å². The molecule has 4 aliphatic rings. The zero-order chi connectivity index (χ0) is 9.71. The van der Waals surface area contributed by atoms with E-state index < -0.39 is 0 Å². The van der Waals surface area contributed by atoms with Crippen LogP contribution in [0.25, 0.3) is 0 Å². The lowest BCUT2D eigenvalue weighted by atomic mass is 10.2. The first-order chi connectivity index (χ1) is 6.75. The molecule has 4 fully saturated rings. The maximum absolute atomic E-state index is 9.04. The molecule has 0 spiro atoms. The summed E-state index contributed by atoms with van der Waals surface area (Å²) in [4.78, 5) is 0. The van der Waals surface area contributed by atoms with Crippen LogP contribution >= 0.6 is 0 Å². The molecule has 0 aromatic rings. The maximum Gasteiger partial charge on any atom is 0.0571 e. The molecular formula is C12H20O2. The van der Waals surface area contributed by atoms with Crippen LogP contribution in [-0.4, -0.2) is 22.4 Å². The van der Waals surface area contributed by atoms with Gasteiger partial charge in [0, 0.05) is 0 Å². The van der Waals surface area contributed by atoms with Gasteiger partial charge in [0.25, 0.3) is 0 Å². The van der Waals surface area contributed by atoms with E-state index in [2.05, 4.69) is 0 Å². The minimum atomic E-state index is 0.0880. The third-order valence-electron chi connectivity index (χ3n) is 4.61. The molecule has 6 unspecified atom stereocenters. The Labute approximate surface area is 85.3 Å². The van der Waals surface area contributed by atoms with Gasteiger partial charge in [-0.15, -0.1) is 0 Å². The predicted octanol–water partition coefficient (Wildman–Crippen LogP) is 1.55. The van der Waals surface area contributed by atoms with Crippen molar-refractivity contribution in [2.24, 2.45) is 23.7 Å². The van der Waals surface area contributed by atoms with Gasteiger partial charge >= 0.3 is 0 Å². The predicted molar refractivity (Wildman–Crippen MR) is 53.7 cm³/mol. The average molecular weight is 196 g/mol. The van der Waals surface area contributed by atoms with Crippen LogP contribution in [0.15, 0.2) is 0 Å². The average Bonchev–Trinajstić information content (AvgIpc) is 3.08. The Hall–Kier alpha value is -0.0800. The van der Waals surface area contributed by atoms with Crippen molar-refractivity contribution in [3.8, 4) is 0 Å². The third kappa shape index (κ3) is 1.59. The summed E-state index contributed by atoms with van der Waals surface area (Å²) in [7, 11) is 0. The van der Waals surface area contributed by atoms with Crippen molar-refractivity contribution in [2.75, 3.05) is 0 Å². The minimum absolute atomic E-state index is 0.0880. The second kappa shape index (κ2) is 3.21. The van der Waals surface area contributed by atoms with Gasteiger partial charge in [0.2, 0.25) is 0 Å². The fourth-order valence-corrected chi connectivity index (χ4v) is 3.35. The molecule has 0 radical (unpaired) electrons. The van der Waals surface area contributed by atoms with Crippen molar-refractivity contribution in [1.82, 2.24) is 0 Å². The molecule has 0 amide bonds. The molecule has 0 bridgehead atoms. The second-order valence-corrected chi connectivity index (χ2v) is 5.61. The lowest BCUT2D eigenvalue weighted by Crippen LogP contribution is -2.02. The Bertz CT molecular complexity index is 204. The lowest BCUT2D eigenvalue weighted by molar-refractivity contribution is 0.159. The summed E-state index contributed by atoms with van der Waals surface area (Å²) >= 11 is 0. The number of fused-ring (bicyclic) bond motifs is 2. The minimum Gasteiger partial charge on any atom is -0.393 e. The van der Waals surface area contributed by atoms with Crippen LogP contribution in [0.5, 0.6) is 0 Å². The van der Waals surface area contributed by atoms with Gasteiger partial charge in [-0.1, -0.05) is 0 Å². The van der Waals surface area contributed by atoms with E-state index in [1.807, 2.05) is 0 Å². The molecule has 2 heteroatoms. The van der Waals surface area contributed by atoms with Gasteiger partial charge in [0.05, 0.1) is 12.2 Å². The maximum atomic E-state index is 9.04. The Morgan fingerprint density at radius 3 is 1.14 bits per heavy atom. The van der Waals surface area contributed by atoms with Gasteiger partial charge < -0.3 is 10.2 Å². The molecule has 2 N–H and O–H groups in total. The van der Waals surface area contributed by atoms with E-state index in [9.17, 15) is 0 Å². The van der Waals surface area contributed by atoms with E-state index in [-0.39, 0.29) is 12.2 Å². The molecule has 0 saturated heterocycles. The van der Waals surface area contributed by atoms with Crippen LogP contribution in [0.1, 0.15) is 38.5 Å². The molecule has 80 valence electrons. The number of hydrogen-bond donors (Lipinski definition) is 2. The van der Waals surface area contributed by atoms with Crippen LogP contribution in [0, 0.1) is 23.7 Å². The monoisotopic (exact) mass is 196 g/mol. The highest BCUT2D eigenvalue weighted by atomic mass is 16.3. The van der Waals surface area contributed by atoms with E-state index in [0.29, 0.717) is 0 Å². The van der Waals surface area contributed by atoms with Gasteiger partial charge in [-0.3, -0.25) is 0 Å². The Kier molecular flexibility index (Phi) is 2.10. The van der Waals surface area contributed by atoms with Crippen molar-refractivity contribution >= 4 is 0 Å². The highest BCUT2D eigenvalue weighted by Crippen LogP contribution is 2.52. The quantitative estimate of drug-likeness (QED) is 0.617. The molecule has 4 rings (SSSR count). The first kappa shape index (κ1) is 9.17. The van der Waals surface area contributed by atoms with E-state index in [1.54, 1.807) is 0 Å². The van der Waals surface area contributed by atoms with Gasteiger partial charge in [0.1, 0.15) is 0 Å². The third-order valence-corrected chi connectivity index (χ3v) is 4.61. The molecule has 2 nitrogen and oxygen atoms in total. The Morgan fingerprint density at radius 1 is 0.643 bits per heavy atom. The molecular weight excluding hydrogens is 176 g/mol. The first-order valence-corrected chi connectivity index (χ1v) is 6.12. The first-order valence-electron chi connectivity index (χ1n) is 6.12. The zero-order valence-corrected chi connectivity index (χ0v) is 8.60. The van der Waals surface area contributed by atoms with Gasteiger partial charge in [0.15, 0.2) is 0 Å². The van der Waals surface area contributed by atoms with Gasteiger partial charge in [-0.25, -0.2) is 0 Å². The number of aliphatic hydroxyl groups is 2. The molecule has 4 aliphatic carbocycles. The highest BCUT2D eigenvalue weighted by Gasteiger charge is 2.47. The number of aliphatic hydroxyl groups excluding tert-OH is 2. The summed E-state index contributed by atoms with van der Waals surface area (Å²) in [6.45, 7) is 0. The van der Waals surface area contributed by atoms with Crippen molar-refractivity contribution in [2.45, 2.75) is 50.7 Å². The highest BCUT2D eigenvalue weighted by molar-refractivity contribution is 4.97. The Balaban J connectivity index is 0.0000000914. The molecule has 0 aromatic carbocycles. The second-order valence-electron chi connectivity index (χ2n) is 5.61. The van der Waals surface area contributed by atoms with Crippen LogP contribution in [0.3, 0.4) is 0 Å². The molecule has 14 heavy (non-hydrogen) atoms. The fourth-order valence-electron chi connectivity index (χ4n) is 3.35. The van der Waals surface area contributed by atoms with Crippen molar-refractivity contribution in [3.05, 3.63) is 0 Å². The standard InChI is InChI=1S/2C6H10O/c2*7-6-2-1-4-3-5(4)6/h2*4-7H,1-3H2. The fraction of sp³-hybridized carbons (Fsp3) is 1.00. The van der Waals surface area contributed by atoms with E-state index >= 15 is 0 Å². The van der Waals surface area contributed by atoms with Crippen molar-refractivity contribution in [3.63, 3.8) is 0 Å². The normalized spacial score (nSPS) is 57.0. The molecule has 0 aliphatic heterocycles. The molecule has 4 saturated carbocycles. The number of rotatable bonds is 0. The summed E-state index contributed by atoms with van der Waals surface area (Å²) in [5, 5.41) is 18.1. The SMILES string of the molecule is OC1CCC2CC12.OC1CCC2CC12.